The maximum atomic E-state index is 13.4. The first kappa shape index (κ1) is 26.4. The second-order valence-electron chi connectivity index (χ2n) is 9.68. The van der Waals surface area contributed by atoms with Crippen LogP contribution < -0.4 is 4.74 Å². The van der Waals surface area contributed by atoms with Crippen molar-refractivity contribution in [3.05, 3.63) is 48.0 Å². The van der Waals surface area contributed by atoms with Crippen LogP contribution in [0.1, 0.15) is 38.2 Å². The number of imidazole rings is 1. The zero-order valence-corrected chi connectivity index (χ0v) is 22.3. The number of fused-ring (bicyclic) bond motifs is 1. The number of halogens is 2. The van der Waals surface area contributed by atoms with Gasteiger partial charge in [0.25, 0.3) is 0 Å². The molecule has 3 aromatic rings. The van der Waals surface area contributed by atoms with Gasteiger partial charge in [0.15, 0.2) is 5.16 Å². The third-order valence-corrected chi connectivity index (χ3v) is 9.78. The van der Waals surface area contributed by atoms with Crippen molar-refractivity contribution in [2.45, 2.75) is 67.7 Å². The van der Waals surface area contributed by atoms with E-state index in [0.717, 1.165) is 37.8 Å². The number of sulfonamides is 1. The highest BCUT2D eigenvalue weighted by atomic mass is 32.2. The van der Waals surface area contributed by atoms with Crippen LogP contribution in [0.25, 0.3) is 11.0 Å². The molecule has 0 bridgehead atoms. The first-order valence-electron chi connectivity index (χ1n) is 12.6. The molecule has 0 N–H and O–H groups in total. The molecular weight excluding hydrogens is 520 g/mol. The lowest BCUT2D eigenvalue weighted by Crippen LogP contribution is -2.39. The molecule has 2 aliphatic rings. The third kappa shape index (κ3) is 5.94. The normalized spacial score (nSPS) is 21.2. The van der Waals surface area contributed by atoms with Crippen LogP contribution in [-0.2, 0) is 27.1 Å². The van der Waals surface area contributed by atoms with Crippen LogP contribution in [0.15, 0.2) is 52.5 Å². The number of piperidine rings is 1. The number of thioether (sulfide) groups is 1. The number of ether oxygens (including phenoxy) is 2. The Labute approximate surface area is 220 Å². The van der Waals surface area contributed by atoms with Crippen molar-refractivity contribution < 1.29 is 26.7 Å². The highest BCUT2D eigenvalue weighted by Gasteiger charge is 2.29. The van der Waals surface area contributed by atoms with E-state index in [1.54, 1.807) is 34.6 Å². The van der Waals surface area contributed by atoms with Crippen molar-refractivity contribution in [1.29, 1.82) is 0 Å². The fraction of sp³-hybridized carbons (Fsp3) is 0.500. The molecule has 2 fully saturated rings. The first-order valence-corrected chi connectivity index (χ1v) is 15.0. The van der Waals surface area contributed by atoms with Crippen LogP contribution in [0.4, 0.5) is 8.78 Å². The predicted molar refractivity (Wildman–Crippen MR) is 138 cm³/mol. The molecule has 0 aliphatic carbocycles. The average molecular weight is 552 g/mol. The Bertz CT molecular complexity index is 1340. The van der Waals surface area contributed by atoms with Crippen LogP contribution >= 0.6 is 11.8 Å². The van der Waals surface area contributed by atoms with Gasteiger partial charge in [0.05, 0.1) is 28.6 Å². The van der Waals surface area contributed by atoms with Crippen LogP contribution in [0.3, 0.4) is 0 Å². The lowest BCUT2D eigenvalue weighted by Gasteiger charge is -2.30. The van der Waals surface area contributed by atoms with Gasteiger partial charge in [-0.2, -0.15) is 13.1 Å². The number of hydrogen-bond acceptors (Lipinski definition) is 6. The van der Waals surface area contributed by atoms with Gasteiger partial charge in [-0.1, -0.05) is 36.9 Å². The van der Waals surface area contributed by atoms with E-state index in [0.29, 0.717) is 47.5 Å². The van der Waals surface area contributed by atoms with Gasteiger partial charge in [0.1, 0.15) is 5.75 Å². The van der Waals surface area contributed by atoms with E-state index in [2.05, 4.69) is 11.7 Å². The van der Waals surface area contributed by atoms with E-state index in [9.17, 15) is 17.2 Å². The van der Waals surface area contributed by atoms with E-state index >= 15 is 0 Å². The summed E-state index contributed by atoms with van der Waals surface area (Å²) in [5.74, 6) is 0.836. The second-order valence-corrected chi connectivity index (χ2v) is 12.6. The number of hydrogen-bond donors (Lipinski definition) is 0. The van der Waals surface area contributed by atoms with E-state index in [4.69, 9.17) is 9.72 Å². The zero-order valence-electron chi connectivity index (χ0n) is 20.7. The Kier molecular flexibility index (Phi) is 8.04. The van der Waals surface area contributed by atoms with Gasteiger partial charge in [-0.05, 0) is 55.9 Å². The fourth-order valence-corrected chi connectivity index (χ4v) is 7.65. The van der Waals surface area contributed by atoms with E-state index in [-0.39, 0.29) is 16.7 Å². The summed E-state index contributed by atoms with van der Waals surface area (Å²) in [6, 6.07) is 11.8. The smallest absolute Gasteiger partial charge is 0.387 e. The molecule has 11 heteroatoms. The minimum atomic E-state index is -3.62. The van der Waals surface area contributed by atoms with Gasteiger partial charge in [-0.3, -0.25) is 0 Å². The van der Waals surface area contributed by atoms with E-state index in [1.165, 1.54) is 17.8 Å². The molecule has 7 nitrogen and oxygen atoms in total. The van der Waals surface area contributed by atoms with Crippen LogP contribution in [-0.4, -0.2) is 54.7 Å². The van der Waals surface area contributed by atoms with Gasteiger partial charge in [-0.25, -0.2) is 13.4 Å². The Hall–Kier alpha value is -2.21. The number of nitrogens with zero attached hydrogens (tertiary/aromatic N) is 3. The molecule has 37 heavy (non-hydrogen) atoms. The Morgan fingerprint density at radius 1 is 1.19 bits per heavy atom. The Balaban J connectivity index is 1.46. The Morgan fingerprint density at radius 2 is 2.03 bits per heavy atom. The summed E-state index contributed by atoms with van der Waals surface area (Å²) in [5.41, 5.74) is 2.04. The summed E-state index contributed by atoms with van der Waals surface area (Å²) in [6.07, 6.45) is 3.87. The van der Waals surface area contributed by atoms with Crippen LogP contribution in [0.2, 0.25) is 0 Å². The minimum absolute atomic E-state index is 0.0458. The lowest BCUT2D eigenvalue weighted by atomic mass is 10.0. The standard InChI is InChI=1S/C26H31F2N3O4S2/c1-18-6-4-12-30(15-18)37(32,33)21-10-11-23-22(14-21)29-26(31(23)16-20-8-5-13-34-20)36-17-19-7-2-3-9-24(19)35-25(27)28/h2-3,7,9-11,14,18,20,25H,4-6,8,12-13,15-17H2,1H3/t18-,20-/m0/s1. The fourth-order valence-electron chi connectivity index (χ4n) is 5.02. The average Bonchev–Trinajstić information content (AvgIpc) is 3.51. The van der Waals surface area contributed by atoms with E-state index < -0.39 is 16.6 Å². The molecule has 2 aliphatic heterocycles. The number of para-hydroxylation sites is 1. The molecule has 0 spiro atoms. The second kappa shape index (κ2) is 11.3. The number of benzene rings is 2. The largest absolute Gasteiger partial charge is 0.435 e. The van der Waals surface area contributed by atoms with Crippen molar-refractivity contribution in [3.63, 3.8) is 0 Å². The van der Waals surface area contributed by atoms with Crippen molar-refractivity contribution in [2.75, 3.05) is 19.7 Å². The summed E-state index contributed by atoms with van der Waals surface area (Å²) in [4.78, 5) is 5.03. The molecule has 5 rings (SSSR count). The summed E-state index contributed by atoms with van der Waals surface area (Å²) in [5, 5.41) is 0.679. The van der Waals surface area contributed by atoms with Crippen molar-refractivity contribution in [1.82, 2.24) is 13.9 Å². The first-order chi connectivity index (χ1) is 17.8. The summed E-state index contributed by atoms with van der Waals surface area (Å²) >= 11 is 1.40. The summed E-state index contributed by atoms with van der Waals surface area (Å²) < 4.78 is 66.7. The molecule has 200 valence electrons. The molecule has 0 unspecified atom stereocenters. The highest BCUT2D eigenvalue weighted by molar-refractivity contribution is 7.98. The number of rotatable bonds is 9. The predicted octanol–water partition coefficient (Wildman–Crippen LogP) is 5.53. The zero-order chi connectivity index (χ0) is 26.0. The maximum Gasteiger partial charge on any atom is 0.387 e. The quantitative estimate of drug-likeness (QED) is 0.326. The third-order valence-electron chi connectivity index (χ3n) is 6.90. The van der Waals surface area contributed by atoms with Crippen molar-refractivity contribution in [3.8, 4) is 5.75 Å². The highest BCUT2D eigenvalue weighted by Crippen LogP contribution is 2.33. The lowest BCUT2D eigenvalue weighted by molar-refractivity contribution is -0.0503. The van der Waals surface area contributed by atoms with Crippen molar-refractivity contribution in [2.24, 2.45) is 5.92 Å². The monoisotopic (exact) mass is 551 g/mol. The number of aromatic nitrogens is 2. The summed E-state index contributed by atoms with van der Waals surface area (Å²) in [6.45, 7) is 1.52. The van der Waals surface area contributed by atoms with Gasteiger partial charge < -0.3 is 14.0 Å². The topological polar surface area (TPSA) is 73.7 Å². The van der Waals surface area contributed by atoms with Gasteiger partial charge in [0, 0.05) is 31.0 Å². The molecule has 2 atom stereocenters. The SMILES string of the molecule is C[C@H]1CCCN(S(=O)(=O)c2ccc3c(c2)nc(SCc2ccccc2OC(F)F)n3C[C@@H]2CCCO2)C1. The molecule has 1 aromatic heterocycles. The summed E-state index contributed by atoms with van der Waals surface area (Å²) in [7, 11) is -3.62. The van der Waals surface area contributed by atoms with Gasteiger partial charge in [-0.15, -0.1) is 0 Å². The molecular formula is C26H31F2N3O4S2. The van der Waals surface area contributed by atoms with Crippen molar-refractivity contribution >= 4 is 32.8 Å². The van der Waals surface area contributed by atoms with Gasteiger partial charge >= 0.3 is 6.61 Å². The van der Waals surface area contributed by atoms with Gasteiger partial charge in [0.2, 0.25) is 10.0 Å². The Morgan fingerprint density at radius 3 is 2.78 bits per heavy atom. The molecule has 2 aromatic carbocycles. The van der Waals surface area contributed by atoms with E-state index in [1.807, 2.05) is 10.6 Å². The molecule has 0 amide bonds. The van der Waals surface area contributed by atoms with Crippen LogP contribution in [0, 0.1) is 5.92 Å². The maximum absolute atomic E-state index is 13.4. The molecule has 0 radical (unpaired) electrons. The molecule has 0 saturated carbocycles. The minimum Gasteiger partial charge on any atom is -0.435 e. The molecule has 2 saturated heterocycles. The van der Waals surface area contributed by atoms with Crippen LogP contribution in [0.5, 0.6) is 5.75 Å². The molecule has 3 heterocycles. The number of alkyl halides is 2.